The van der Waals surface area contributed by atoms with E-state index in [0.717, 1.165) is 37.4 Å². The van der Waals surface area contributed by atoms with Crippen LogP contribution in [0.15, 0.2) is 42.6 Å². The van der Waals surface area contributed by atoms with E-state index in [4.69, 9.17) is 4.74 Å². The van der Waals surface area contributed by atoms with Gasteiger partial charge in [0, 0.05) is 25.3 Å². The number of ether oxygens (including phenoxy) is 1. The van der Waals surface area contributed by atoms with Crippen LogP contribution in [0.1, 0.15) is 23.3 Å². The maximum atomic E-state index is 12.0. The fraction of sp³-hybridized carbons (Fsp3) is 0.353. The van der Waals surface area contributed by atoms with Gasteiger partial charge in [0.25, 0.3) is 5.91 Å². The molecule has 1 amide bonds. The molecular weight excluding hydrogens is 278 g/mol. The average molecular weight is 299 g/mol. The van der Waals surface area contributed by atoms with E-state index >= 15 is 0 Å². The second kappa shape index (κ2) is 6.56. The summed E-state index contributed by atoms with van der Waals surface area (Å²) in [7, 11) is 1.70. The van der Waals surface area contributed by atoms with Crippen LogP contribution in [0, 0.1) is 0 Å². The molecule has 22 heavy (non-hydrogen) atoms. The molecule has 0 aliphatic carbocycles. The second-order valence-electron chi connectivity index (χ2n) is 5.49. The van der Waals surface area contributed by atoms with Gasteiger partial charge in [-0.25, -0.2) is 0 Å². The number of amides is 1. The number of aromatic amines is 1. The number of carbonyl (C=O) groups excluding carboxylic acids is 1. The smallest absolute Gasteiger partial charge is 0.267 e. The van der Waals surface area contributed by atoms with Crippen LogP contribution < -0.4 is 15.0 Å². The molecule has 2 N–H and O–H groups in total. The number of para-hydroxylation sites is 2. The lowest BCUT2D eigenvalue weighted by molar-refractivity contribution is 0.0926. The van der Waals surface area contributed by atoms with E-state index in [2.05, 4.69) is 21.3 Å². The topological polar surface area (TPSA) is 57.4 Å². The molecule has 3 rings (SSSR count). The van der Waals surface area contributed by atoms with Crippen LogP contribution in [0.3, 0.4) is 0 Å². The number of hydrogen-bond acceptors (Lipinski definition) is 3. The van der Waals surface area contributed by atoms with Crippen molar-refractivity contribution in [3.8, 4) is 5.75 Å². The molecule has 0 saturated carbocycles. The fourth-order valence-electron chi connectivity index (χ4n) is 2.89. The third kappa shape index (κ3) is 3.08. The number of H-pyrrole nitrogens is 1. The van der Waals surface area contributed by atoms with Crippen LogP contribution in [0.2, 0.25) is 0 Å². The number of nitrogens with zero attached hydrogens (tertiary/aromatic N) is 1. The Hall–Kier alpha value is -2.43. The zero-order valence-corrected chi connectivity index (χ0v) is 12.7. The summed E-state index contributed by atoms with van der Waals surface area (Å²) in [6.07, 6.45) is 3.63. The first-order valence-electron chi connectivity index (χ1n) is 7.60. The predicted molar refractivity (Wildman–Crippen MR) is 86.5 cm³/mol. The molecule has 5 nitrogen and oxygen atoms in total. The molecule has 116 valence electrons. The normalized spacial score (nSPS) is 15.6. The Morgan fingerprint density at radius 1 is 1.23 bits per heavy atom. The molecule has 0 atom stereocenters. The number of benzene rings is 1. The van der Waals surface area contributed by atoms with Gasteiger partial charge in [-0.05, 0) is 37.1 Å². The quantitative estimate of drug-likeness (QED) is 0.911. The van der Waals surface area contributed by atoms with E-state index in [1.807, 2.05) is 24.3 Å². The van der Waals surface area contributed by atoms with Gasteiger partial charge in [-0.3, -0.25) is 4.79 Å². The molecule has 1 aromatic heterocycles. The monoisotopic (exact) mass is 299 g/mol. The summed E-state index contributed by atoms with van der Waals surface area (Å²) >= 11 is 0. The van der Waals surface area contributed by atoms with Gasteiger partial charge in [-0.1, -0.05) is 12.1 Å². The fourth-order valence-corrected chi connectivity index (χ4v) is 2.89. The van der Waals surface area contributed by atoms with Gasteiger partial charge in [0.05, 0.1) is 12.8 Å². The zero-order chi connectivity index (χ0) is 15.4. The van der Waals surface area contributed by atoms with Gasteiger partial charge < -0.3 is 19.9 Å². The summed E-state index contributed by atoms with van der Waals surface area (Å²) in [5, 5.41) is 3.09. The molecule has 2 aromatic rings. The van der Waals surface area contributed by atoms with Gasteiger partial charge in [0.15, 0.2) is 0 Å². The van der Waals surface area contributed by atoms with Crippen LogP contribution in [-0.2, 0) is 0 Å². The minimum Gasteiger partial charge on any atom is -0.495 e. The van der Waals surface area contributed by atoms with Crippen molar-refractivity contribution < 1.29 is 9.53 Å². The molecule has 2 heterocycles. The van der Waals surface area contributed by atoms with Crippen molar-refractivity contribution in [1.29, 1.82) is 0 Å². The van der Waals surface area contributed by atoms with Crippen LogP contribution in [0.25, 0.3) is 0 Å². The van der Waals surface area contributed by atoms with Crippen molar-refractivity contribution in [2.45, 2.75) is 18.9 Å². The van der Waals surface area contributed by atoms with Crippen molar-refractivity contribution in [3.05, 3.63) is 48.3 Å². The molecule has 1 aliphatic heterocycles. The van der Waals surface area contributed by atoms with Crippen LogP contribution >= 0.6 is 0 Å². The first kappa shape index (κ1) is 14.5. The van der Waals surface area contributed by atoms with E-state index in [9.17, 15) is 4.79 Å². The minimum atomic E-state index is -0.0271. The Labute approximate surface area is 130 Å². The molecule has 0 spiro atoms. The third-order valence-electron chi connectivity index (χ3n) is 4.10. The number of anilines is 1. The molecular formula is C17H21N3O2. The molecule has 0 radical (unpaired) electrons. The van der Waals surface area contributed by atoms with E-state index in [1.54, 1.807) is 19.4 Å². The lowest BCUT2D eigenvalue weighted by Gasteiger charge is -2.34. The standard InChI is InChI=1S/C17H21N3O2/c1-22-16-7-3-2-6-15(16)20-11-8-13(9-12-20)19-17(21)14-5-4-10-18-14/h2-7,10,13,18H,8-9,11-12H2,1H3,(H,19,21). The van der Waals surface area contributed by atoms with Crippen LogP contribution in [-0.4, -0.2) is 37.1 Å². The predicted octanol–water partition coefficient (Wildman–Crippen LogP) is 2.42. The van der Waals surface area contributed by atoms with Gasteiger partial charge in [0.1, 0.15) is 11.4 Å². The first-order valence-corrected chi connectivity index (χ1v) is 7.60. The van der Waals surface area contributed by atoms with Gasteiger partial charge in [-0.2, -0.15) is 0 Å². The molecule has 5 heteroatoms. The van der Waals surface area contributed by atoms with Crippen molar-refractivity contribution >= 4 is 11.6 Å². The van der Waals surface area contributed by atoms with Gasteiger partial charge in [0.2, 0.25) is 0 Å². The van der Waals surface area contributed by atoms with Crippen molar-refractivity contribution in [1.82, 2.24) is 10.3 Å². The molecule has 1 aromatic carbocycles. The maximum Gasteiger partial charge on any atom is 0.267 e. The number of piperidine rings is 1. The minimum absolute atomic E-state index is 0.0271. The molecule has 1 aliphatic rings. The molecule has 0 bridgehead atoms. The van der Waals surface area contributed by atoms with Gasteiger partial charge >= 0.3 is 0 Å². The summed E-state index contributed by atoms with van der Waals surface area (Å²) in [5.41, 5.74) is 1.74. The van der Waals surface area contributed by atoms with Crippen molar-refractivity contribution in [2.75, 3.05) is 25.1 Å². The molecule has 1 saturated heterocycles. The Kier molecular flexibility index (Phi) is 4.32. The van der Waals surface area contributed by atoms with Crippen LogP contribution in [0.5, 0.6) is 5.75 Å². The van der Waals surface area contributed by atoms with E-state index in [0.29, 0.717) is 5.69 Å². The Bertz CT molecular complexity index is 617. The van der Waals surface area contributed by atoms with Gasteiger partial charge in [-0.15, -0.1) is 0 Å². The maximum absolute atomic E-state index is 12.0. The molecule has 1 fully saturated rings. The third-order valence-corrected chi connectivity index (χ3v) is 4.10. The Morgan fingerprint density at radius 2 is 2.00 bits per heavy atom. The highest BCUT2D eigenvalue weighted by atomic mass is 16.5. The average Bonchev–Trinajstić information content (AvgIpc) is 3.10. The Morgan fingerprint density at radius 3 is 2.68 bits per heavy atom. The van der Waals surface area contributed by atoms with E-state index < -0.39 is 0 Å². The lowest BCUT2D eigenvalue weighted by atomic mass is 10.0. The second-order valence-corrected chi connectivity index (χ2v) is 5.49. The van der Waals surface area contributed by atoms with E-state index in [1.165, 1.54) is 0 Å². The number of nitrogens with one attached hydrogen (secondary N) is 2. The van der Waals surface area contributed by atoms with Crippen molar-refractivity contribution in [2.24, 2.45) is 0 Å². The zero-order valence-electron chi connectivity index (χ0n) is 12.7. The highest BCUT2D eigenvalue weighted by Gasteiger charge is 2.23. The number of rotatable bonds is 4. The van der Waals surface area contributed by atoms with Crippen molar-refractivity contribution in [3.63, 3.8) is 0 Å². The van der Waals surface area contributed by atoms with Crippen LogP contribution in [0.4, 0.5) is 5.69 Å². The summed E-state index contributed by atoms with van der Waals surface area (Å²) in [4.78, 5) is 17.3. The summed E-state index contributed by atoms with van der Waals surface area (Å²) in [6, 6.07) is 11.9. The number of carbonyl (C=O) groups is 1. The summed E-state index contributed by atoms with van der Waals surface area (Å²) in [5.74, 6) is 0.872. The summed E-state index contributed by atoms with van der Waals surface area (Å²) < 4.78 is 5.42. The number of aromatic nitrogens is 1. The number of hydrogen-bond donors (Lipinski definition) is 2. The first-order chi connectivity index (χ1) is 10.8. The lowest BCUT2D eigenvalue weighted by Crippen LogP contribution is -2.44. The Balaban J connectivity index is 1.57. The van der Waals surface area contributed by atoms with E-state index in [-0.39, 0.29) is 11.9 Å². The largest absolute Gasteiger partial charge is 0.495 e. The highest BCUT2D eigenvalue weighted by Crippen LogP contribution is 2.29. The SMILES string of the molecule is COc1ccccc1N1CCC(NC(=O)c2ccc[nH]2)CC1. The number of methoxy groups -OCH3 is 1. The summed E-state index contributed by atoms with van der Waals surface area (Å²) in [6.45, 7) is 1.83. The molecule has 0 unspecified atom stereocenters. The highest BCUT2D eigenvalue weighted by molar-refractivity contribution is 5.92.